The SMILES string of the molecule is Oc1c(C=Nc2cccc3c2OCO3)cccc1CN1CCOCC1. The van der Waals surface area contributed by atoms with Crippen molar-refractivity contribution >= 4 is 11.9 Å². The summed E-state index contributed by atoms with van der Waals surface area (Å²) in [7, 11) is 0. The van der Waals surface area contributed by atoms with Gasteiger partial charge in [0.2, 0.25) is 6.79 Å². The Bertz CT molecular complexity index is 785. The largest absolute Gasteiger partial charge is 0.507 e. The lowest BCUT2D eigenvalue weighted by molar-refractivity contribution is 0.0339. The van der Waals surface area contributed by atoms with E-state index in [1.807, 2.05) is 36.4 Å². The Morgan fingerprint density at radius 1 is 1.08 bits per heavy atom. The summed E-state index contributed by atoms with van der Waals surface area (Å²) in [5.74, 6) is 1.60. The third-order valence-corrected chi connectivity index (χ3v) is 4.37. The monoisotopic (exact) mass is 340 g/mol. The van der Waals surface area contributed by atoms with E-state index in [2.05, 4.69) is 9.89 Å². The van der Waals surface area contributed by atoms with Crippen LogP contribution in [0.5, 0.6) is 17.2 Å². The van der Waals surface area contributed by atoms with Crippen LogP contribution in [0.25, 0.3) is 0 Å². The van der Waals surface area contributed by atoms with Crippen molar-refractivity contribution in [2.75, 3.05) is 33.1 Å². The lowest BCUT2D eigenvalue weighted by atomic mass is 10.1. The fraction of sp³-hybridized carbons (Fsp3) is 0.316. The van der Waals surface area contributed by atoms with E-state index in [-0.39, 0.29) is 12.5 Å². The van der Waals surface area contributed by atoms with Gasteiger partial charge in [-0.25, -0.2) is 0 Å². The number of morpholine rings is 1. The molecule has 130 valence electrons. The Kier molecular flexibility index (Phi) is 4.54. The van der Waals surface area contributed by atoms with Gasteiger partial charge in [-0.15, -0.1) is 0 Å². The molecule has 2 aliphatic heterocycles. The second kappa shape index (κ2) is 7.13. The first-order valence-corrected chi connectivity index (χ1v) is 8.35. The second-order valence-electron chi connectivity index (χ2n) is 6.01. The quantitative estimate of drug-likeness (QED) is 0.867. The molecule has 0 spiro atoms. The molecule has 2 heterocycles. The molecule has 1 fully saturated rings. The van der Waals surface area contributed by atoms with Crippen LogP contribution in [0.15, 0.2) is 41.4 Å². The van der Waals surface area contributed by atoms with Crippen LogP contribution >= 0.6 is 0 Å². The fourth-order valence-electron chi connectivity index (χ4n) is 3.00. The molecule has 25 heavy (non-hydrogen) atoms. The second-order valence-corrected chi connectivity index (χ2v) is 6.01. The molecule has 2 aromatic carbocycles. The van der Waals surface area contributed by atoms with E-state index in [1.165, 1.54) is 0 Å². The van der Waals surface area contributed by atoms with Crippen molar-refractivity contribution in [1.82, 2.24) is 4.90 Å². The number of aliphatic imine (C=N–C) groups is 1. The van der Waals surface area contributed by atoms with Gasteiger partial charge in [0.1, 0.15) is 11.4 Å². The number of para-hydroxylation sites is 2. The topological polar surface area (TPSA) is 63.5 Å². The molecule has 0 amide bonds. The van der Waals surface area contributed by atoms with Gasteiger partial charge in [0.15, 0.2) is 11.5 Å². The molecular weight excluding hydrogens is 320 g/mol. The predicted molar refractivity (Wildman–Crippen MR) is 94.0 cm³/mol. The number of rotatable bonds is 4. The number of benzene rings is 2. The molecule has 6 nitrogen and oxygen atoms in total. The summed E-state index contributed by atoms with van der Waals surface area (Å²) in [5, 5.41) is 10.6. The number of hydrogen-bond acceptors (Lipinski definition) is 6. The minimum Gasteiger partial charge on any atom is -0.507 e. The predicted octanol–water partition coefficient (Wildman–Crippen LogP) is 2.70. The van der Waals surface area contributed by atoms with Gasteiger partial charge in [-0.3, -0.25) is 9.89 Å². The van der Waals surface area contributed by atoms with Gasteiger partial charge >= 0.3 is 0 Å². The standard InChI is InChI=1S/C19H20N2O4/c22-18-14(3-1-4-15(18)12-21-7-9-23-10-8-21)11-20-16-5-2-6-17-19(16)25-13-24-17/h1-6,11,22H,7-10,12-13H2. The van der Waals surface area contributed by atoms with E-state index >= 15 is 0 Å². The van der Waals surface area contributed by atoms with Crippen LogP contribution in [0.3, 0.4) is 0 Å². The minimum atomic E-state index is 0.210. The van der Waals surface area contributed by atoms with Crippen molar-refractivity contribution in [1.29, 1.82) is 0 Å². The number of aromatic hydroxyl groups is 1. The Labute approximate surface area is 146 Å². The van der Waals surface area contributed by atoms with E-state index in [0.717, 1.165) is 31.9 Å². The zero-order chi connectivity index (χ0) is 17.1. The molecule has 0 aromatic heterocycles. The maximum atomic E-state index is 10.6. The van der Waals surface area contributed by atoms with Gasteiger partial charge < -0.3 is 19.3 Å². The Hall–Kier alpha value is -2.57. The number of phenols is 1. The molecule has 0 bridgehead atoms. The first kappa shape index (κ1) is 15.9. The van der Waals surface area contributed by atoms with Gasteiger partial charge in [0.25, 0.3) is 0 Å². The normalized spacial score (nSPS) is 17.3. The summed E-state index contributed by atoms with van der Waals surface area (Å²) in [6.45, 7) is 4.15. The van der Waals surface area contributed by atoms with Crippen LogP contribution in [0.2, 0.25) is 0 Å². The van der Waals surface area contributed by atoms with Crippen molar-refractivity contribution < 1.29 is 19.3 Å². The molecule has 6 heteroatoms. The molecule has 4 rings (SSSR count). The smallest absolute Gasteiger partial charge is 0.231 e. The summed E-state index contributed by atoms with van der Waals surface area (Å²) < 4.78 is 16.2. The van der Waals surface area contributed by atoms with Crippen LogP contribution in [0, 0.1) is 0 Å². The summed E-state index contributed by atoms with van der Waals surface area (Å²) >= 11 is 0. The van der Waals surface area contributed by atoms with Crippen LogP contribution in [0.1, 0.15) is 11.1 Å². The van der Waals surface area contributed by atoms with Crippen LogP contribution < -0.4 is 9.47 Å². The molecule has 0 radical (unpaired) electrons. The minimum absolute atomic E-state index is 0.210. The molecule has 2 aliphatic rings. The number of phenolic OH excluding ortho intramolecular Hbond substituents is 1. The molecule has 0 unspecified atom stereocenters. The summed E-state index contributed by atoms with van der Waals surface area (Å²) in [6.07, 6.45) is 1.66. The van der Waals surface area contributed by atoms with Crippen LogP contribution in [-0.2, 0) is 11.3 Å². The van der Waals surface area contributed by atoms with Crippen molar-refractivity contribution in [3.8, 4) is 17.2 Å². The first-order chi connectivity index (χ1) is 12.3. The third kappa shape index (κ3) is 3.45. The molecular formula is C19H20N2O4. The van der Waals surface area contributed by atoms with Crippen molar-refractivity contribution in [3.05, 3.63) is 47.5 Å². The van der Waals surface area contributed by atoms with Crippen molar-refractivity contribution in [2.45, 2.75) is 6.54 Å². The number of nitrogens with zero attached hydrogens (tertiary/aromatic N) is 2. The first-order valence-electron chi connectivity index (χ1n) is 8.35. The highest BCUT2D eigenvalue weighted by Crippen LogP contribution is 2.40. The van der Waals surface area contributed by atoms with E-state index in [1.54, 1.807) is 6.21 Å². The van der Waals surface area contributed by atoms with E-state index < -0.39 is 0 Å². The highest BCUT2D eigenvalue weighted by atomic mass is 16.7. The van der Waals surface area contributed by atoms with E-state index in [9.17, 15) is 5.11 Å². The molecule has 0 atom stereocenters. The Morgan fingerprint density at radius 2 is 1.92 bits per heavy atom. The summed E-state index contributed by atoms with van der Waals surface area (Å²) in [5.41, 5.74) is 2.26. The van der Waals surface area contributed by atoms with Crippen molar-refractivity contribution in [3.63, 3.8) is 0 Å². The lowest BCUT2D eigenvalue weighted by Gasteiger charge is -2.26. The number of fused-ring (bicyclic) bond motifs is 1. The summed E-state index contributed by atoms with van der Waals surface area (Å²) in [6, 6.07) is 11.3. The summed E-state index contributed by atoms with van der Waals surface area (Å²) in [4.78, 5) is 6.75. The average molecular weight is 340 g/mol. The molecule has 1 saturated heterocycles. The number of ether oxygens (including phenoxy) is 3. The fourth-order valence-corrected chi connectivity index (χ4v) is 3.00. The molecule has 0 aliphatic carbocycles. The van der Waals surface area contributed by atoms with Crippen molar-refractivity contribution in [2.24, 2.45) is 4.99 Å². The van der Waals surface area contributed by atoms with Gasteiger partial charge in [0.05, 0.1) is 13.2 Å². The van der Waals surface area contributed by atoms with Gasteiger partial charge in [-0.05, 0) is 18.2 Å². The zero-order valence-corrected chi connectivity index (χ0v) is 13.9. The maximum Gasteiger partial charge on any atom is 0.231 e. The maximum absolute atomic E-state index is 10.6. The Balaban J connectivity index is 1.55. The molecule has 2 aromatic rings. The Morgan fingerprint density at radius 3 is 2.80 bits per heavy atom. The zero-order valence-electron chi connectivity index (χ0n) is 13.9. The lowest BCUT2D eigenvalue weighted by Crippen LogP contribution is -2.35. The van der Waals surface area contributed by atoms with Gasteiger partial charge in [-0.2, -0.15) is 0 Å². The molecule has 0 saturated carbocycles. The highest BCUT2D eigenvalue weighted by molar-refractivity contribution is 5.86. The highest BCUT2D eigenvalue weighted by Gasteiger charge is 2.17. The third-order valence-electron chi connectivity index (χ3n) is 4.37. The van der Waals surface area contributed by atoms with Gasteiger partial charge in [0, 0.05) is 37.0 Å². The van der Waals surface area contributed by atoms with Crippen LogP contribution in [-0.4, -0.2) is 49.3 Å². The average Bonchev–Trinajstić information content (AvgIpc) is 3.13. The van der Waals surface area contributed by atoms with Crippen LogP contribution in [0.4, 0.5) is 5.69 Å². The molecule has 1 N–H and O–H groups in total. The van der Waals surface area contributed by atoms with E-state index in [4.69, 9.17) is 14.2 Å². The van der Waals surface area contributed by atoms with Gasteiger partial charge in [-0.1, -0.05) is 18.2 Å². The van der Waals surface area contributed by atoms with E-state index in [0.29, 0.717) is 29.3 Å². The number of hydrogen-bond donors (Lipinski definition) is 1.